The van der Waals surface area contributed by atoms with E-state index >= 15 is 0 Å². The summed E-state index contributed by atoms with van der Waals surface area (Å²) in [7, 11) is -1.54. The van der Waals surface area contributed by atoms with Crippen LogP contribution in [0.5, 0.6) is 0 Å². The van der Waals surface area contributed by atoms with Crippen molar-refractivity contribution in [3.8, 4) is 0 Å². The Balaban J connectivity index is 2.45. The molecule has 0 aliphatic carbocycles. The maximum absolute atomic E-state index is 11.8. The molecule has 0 aromatic rings. The summed E-state index contributed by atoms with van der Waals surface area (Å²) in [5.41, 5.74) is 2.24. The molecule has 2 rings (SSSR count). The van der Waals surface area contributed by atoms with Gasteiger partial charge in [-0.05, 0) is 26.3 Å². The molecule has 2 aliphatic rings. The second kappa shape index (κ2) is 3.56. The van der Waals surface area contributed by atoms with Crippen LogP contribution in [0.3, 0.4) is 0 Å². The van der Waals surface area contributed by atoms with Crippen molar-refractivity contribution in [2.45, 2.75) is 26.8 Å². The summed E-state index contributed by atoms with van der Waals surface area (Å²) in [6, 6.07) is 0.153. The van der Waals surface area contributed by atoms with E-state index in [4.69, 9.17) is 0 Å². The zero-order valence-corrected chi connectivity index (χ0v) is 10.9. The molecule has 1 fully saturated rings. The molecular weight excluding hydrogens is 226 g/mol. The van der Waals surface area contributed by atoms with Crippen molar-refractivity contribution in [2.75, 3.05) is 19.5 Å². The van der Waals surface area contributed by atoms with Crippen LogP contribution in [0.2, 0.25) is 0 Å². The second-order valence-corrected chi connectivity index (χ2v) is 6.45. The molecule has 16 heavy (non-hydrogen) atoms. The Morgan fingerprint density at radius 2 is 2.00 bits per heavy atom. The van der Waals surface area contributed by atoms with Gasteiger partial charge >= 0.3 is 0 Å². The Kier molecular flexibility index (Phi) is 2.58. The van der Waals surface area contributed by atoms with Crippen LogP contribution in [0.15, 0.2) is 16.3 Å². The van der Waals surface area contributed by atoms with Crippen LogP contribution >= 0.6 is 0 Å². The number of hydrogen-bond donors (Lipinski definition) is 0. The molecule has 2 heterocycles. The number of aliphatic imine (C=N–C) groups is 1. The highest BCUT2D eigenvalue weighted by atomic mass is 32.2. The average Bonchev–Trinajstić information content (AvgIpc) is 2.18. The largest absolute Gasteiger partial charge is 0.316 e. The summed E-state index contributed by atoms with van der Waals surface area (Å²) in [5.74, 6) is 0.808. The van der Waals surface area contributed by atoms with Crippen molar-refractivity contribution in [3.63, 3.8) is 0 Å². The molecule has 0 spiro atoms. The number of nitrogens with zero attached hydrogens (tertiary/aromatic N) is 3. The minimum absolute atomic E-state index is 0.0121. The minimum Gasteiger partial charge on any atom is -0.316 e. The SMILES string of the molecule is CC1=NC(C)C(C)=C2CN(C)S(=O)(=O)CN12. The van der Waals surface area contributed by atoms with Crippen LogP contribution < -0.4 is 0 Å². The van der Waals surface area contributed by atoms with E-state index in [2.05, 4.69) is 4.99 Å². The molecule has 0 N–H and O–H groups in total. The monoisotopic (exact) mass is 243 g/mol. The lowest BCUT2D eigenvalue weighted by Gasteiger charge is -2.40. The fourth-order valence-electron chi connectivity index (χ4n) is 2.05. The van der Waals surface area contributed by atoms with Crippen molar-refractivity contribution >= 4 is 15.9 Å². The predicted molar refractivity (Wildman–Crippen MR) is 63.5 cm³/mol. The van der Waals surface area contributed by atoms with Crippen LogP contribution in [0.1, 0.15) is 20.8 Å². The number of hydrogen-bond acceptors (Lipinski definition) is 4. The highest BCUT2D eigenvalue weighted by molar-refractivity contribution is 7.89. The van der Waals surface area contributed by atoms with Gasteiger partial charge in [0.25, 0.3) is 0 Å². The molecule has 0 amide bonds. The highest BCUT2D eigenvalue weighted by Crippen LogP contribution is 2.27. The van der Waals surface area contributed by atoms with Gasteiger partial charge in [0.2, 0.25) is 10.0 Å². The molecular formula is C10H17N3O2S. The Morgan fingerprint density at radius 3 is 2.62 bits per heavy atom. The van der Waals surface area contributed by atoms with Gasteiger partial charge in [0.1, 0.15) is 11.7 Å². The molecule has 0 bridgehead atoms. The molecule has 90 valence electrons. The standard InChI is InChI=1S/C10H17N3O2S/c1-7-8(2)11-9(3)13-6-16(14,15)12(4)5-10(7)13/h8H,5-6H2,1-4H3. The third kappa shape index (κ3) is 1.66. The van der Waals surface area contributed by atoms with Crippen LogP contribution in [0, 0.1) is 0 Å². The molecule has 1 unspecified atom stereocenters. The van der Waals surface area contributed by atoms with E-state index in [1.54, 1.807) is 7.05 Å². The minimum atomic E-state index is -3.16. The maximum Gasteiger partial charge on any atom is 0.232 e. The van der Waals surface area contributed by atoms with Gasteiger partial charge < -0.3 is 4.90 Å². The van der Waals surface area contributed by atoms with E-state index in [-0.39, 0.29) is 11.9 Å². The van der Waals surface area contributed by atoms with Crippen LogP contribution in [-0.2, 0) is 10.0 Å². The molecule has 0 aromatic carbocycles. The van der Waals surface area contributed by atoms with E-state index in [1.165, 1.54) is 4.31 Å². The predicted octanol–water partition coefficient (Wildman–Crippen LogP) is 0.616. The van der Waals surface area contributed by atoms with Crippen molar-refractivity contribution in [1.29, 1.82) is 0 Å². The fraction of sp³-hybridized carbons (Fsp3) is 0.700. The Morgan fingerprint density at radius 1 is 1.38 bits per heavy atom. The Hall–Kier alpha value is -0.880. The summed E-state index contributed by atoms with van der Waals surface area (Å²) in [5, 5.41) is 0. The smallest absolute Gasteiger partial charge is 0.232 e. The molecule has 2 aliphatic heterocycles. The van der Waals surface area contributed by atoms with Gasteiger partial charge in [-0.15, -0.1) is 0 Å². The first-order valence-electron chi connectivity index (χ1n) is 5.28. The zero-order valence-electron chi connectivity index (χ0n) is 10.1. The zero-order chi connectivity index (χ0) is 12.1. The van der Waals surface area contributed by atoms with Gasteiger partial charge in [0.15, 0.2) is 0 Å². The number of rotatable bonds is 0. The summed E-state index contributed by atoms with van der Waals surface area (Å²) in [6.07, 6.45) is 0. The number of sulfonamides is 1. The second-order valence-electron chi connectivity index (χ2n) is 4.41. The highest BCUT2D eigenvalue weighted by Gasteiger charge is 2.35. The lowest BCUT2D eigenvalue weighted by atomic mass is 10.1. The number of amidine groups is 1. The molecule has 6 heteroatoms. The average molecular weight is 243 g/mol. The van der Waals surface area contributed by atoms with Crippen molar-refractivity contribution < 1.29 is 8.42 Å². The summed E-state index contributed by atoms with van der Waals surface area (Å²) < 4.78 is 25.0. The quantitative estimate of drug-likeness (QED) is 0.626. The van der Waals surface area contributed by atoms with Crippen molar-refractivity contribution in [1.82, 2.24) is 9.21 Å². The van der Waals surface area contributed by atoms with Gasteiger partial charge in [-0.1, -0.05) is 0 Å². The first kappa shape index (κ1) is 11.6. The van der Waals surface area contributed by atoms with Gasteiger partial charge in [-0.2, -0.15) is 4.31 Å². The lowest BCUT2D eigenvalue weighted by molar-refractivity contribution is 0.390. The number of fused-ring (bicyclic) bond motifs is 1. The summed E-state index contributed by atoms with van der Waals surface area (Å²) >= 11 is 0. The third-order valence-corrected chi connectivity index (χ3v) is 4.98. The molecule has 1 atom stereocenters. The topological polar surface area (TPSA) is 53.0 Å². The lowest BCUT2D eigenvalue weighted by Crippen LogP contribution is -2.50. The van der Waals surface area contributed by atoms with Gasteiger partial charge in [0, 0.05) is 12.7 Å². The van der Waals surface area contributed by atoms with E-state index in [1.807, 2.05) is 25.7 Å². The van der Waals surface area contributed by atoms with Crippen molar-refractivity contribution in [3.05, 3.63) is 11.3 Å². The molecule has 5 nitrogen and oxygen atoms in total. The normalized spacial score (nSPS) is 30.1. The molecule has 0 saturated carbocycles. The van der Waals surface area contributed by atoms with E-state index in [0.717, 1.165) is 17.1 Å². The molecule has 1 saturated heterocycles. The van der Waals surface area contributed by atoms with E-state index in [9.17, 15) is 8.42 Å². The van der Waals surface area contributed by atoms with Gasteiger partial charge in [-0.3, -0.25) is 4.99 Å². The van der Waals surface area contributed by atoms with Crippen LogP contribution in [0.4, 0.5) is 0 Å². The summed E-state index contributed by atoms with van der Waals surface area (Å²) in [6.45, 7) is 6.37. The number of likely N-dealkylation sites (N-methyl/N-ethyl adjacent to an activating group) is 1. The first-order chi connectivity index (χ1) is 7.33. The Bertz CT molecular complexity index is 478. The molecule has 0 aromatic heterocycles. The summed E-state index contributed by atoms with van der Waals surface area (Å²) in [4.78, 5) is 6.25. The first-order valence-corrected chi connectivity index (χ1v) is 6.89. The third-order valence-electron chi connectivity index (χ3n) is 3.32. The van der Waals surface area contributed by atoms with Crippen LogP contribution in [0.25, 0.3) is 0 Å². The fourth-order valence-corrected chi connectivity index (χ4v) is 3.23. The van der Waals surface area contributed by atoms with E-state index < -0.39 is 10.0 Å². The van der Waals surface area contributed by atoms with Crippen molar-refractivity contribution in [2.24, 2.45) is 4.99 Å². The van der Waals surface area contributed by atoms with E-state index in [0.29, 0.717) is 6.54 Å². The molecule has 0 radical (unpaired) electrons. The Labute approximate surface area is 96.5 Å². The van der Waals surface area contributed by atoms with Gasteiger partial charge in [0.05, 0.1) is 12.6 Å². The van der Waals surface area contributed by atoms with Gasteiger partial charge in [-0.25, -0.2) is 8.42 Å². The maximum atomic E-state index is 11.8. The van der Waals surface area contributed by atoms with Crippen LogP contribution in [-0.4, -0.2) is 49.0 Å².